The minimum atomic E-state index is -3.18. The molecule has 118 valence electrons. The third-order valence-corrected chi connectivity index (χ3v) is 5.60. The summed E-state index contributed by atoms with van der Waals surface area (Å²) >= 11 is 0. The number of benzene rings is 1. The van der Waals surface area contributed by atoms with Crippen LogP contribution in [0.5, 0.6) is 0 Å². The molecular formula is C16H25NO3S. The number of aliphatic hydroxyl groups excluding tert-OH is 1. The summed E-state index contributed by atoms with van der Waals surface area (Å²) in [4.78, 5) is 0.284. The molecule has 0 aromatic heterocycles. The van der Waals surface area contributed by atoms with Crippen LogP contribution in [0.25, 0.3) is 0 Å². The Morgan fingerprint density at radius 1 is 1.29 bits per heavy atom. The van der Waals surface area contributed by atoms with Crippen molar-refractivity contribution in [3.63, 3.8) is 0 Å². The third kappa shape index (κ3) is 4.53. The SMILES string of the molecule is CC1CCCC1CNCC(O)c1ccc(S(C)(=O)=O)cc1. The molecule has 1 aromatic rings. The zero-order valence-corrected chi connectivity index (χ0v) is 13.6. The molecule has 21 heavy (non-hydrogen) atoms. The maximum absolute atomic E-state index is 11.4. The fourth-order valence-corrected chi connectivity index (χ4v) is 3.62. The van der Waals surface area contributed by atoms with Crippen LogP contribution in [0.1, 0.15) is 37.9 Å². The largest absolute Gasteiger partial charge is 0.387 e. The van der Waals surface area contributed by atoms with Crippen molar-refractivity contribution in [2.75, 3.05) is 19.3 Å². The van der Waals surface area contributed by atoms with Crippen LogP contribution < -0.4 is 5.32 Å². The second kappa shape index (κ2) is 6.90. The molecule has 0 saturated heterocycles. The molecule has 1 fully saturated rings. The Hall–Kier alpha value is -0.910. The highest BCUT2D eigenvalue weighted by Gasteiger charge is 2.22. The lowest BCUT2D eigenvalue weighted by Crippen LogP contribution is -2.28. The molecule has 0 bridgehead atoms. The highest BCUT2D eigenvalue weighted by Crippen LogP contribution is 2.30. The van der Waals surface area contributed by atoms with Crippen molar-refractivity contribution in [2.45, 2.75) is 37.2 Å². The summed E-state index contributed by atoms with van der Waals surface area (Å²) in [6.07, 6.45) is 4.47. The molecule has 0 amide bonds. The van der Waals surface area contributed by atoms with Gasteiger partial charge in [-0.05, 0) is 42.5 Å². The first kappa shape index (κ1) is 16.5. The van der Waals surface area contributed by atoms with E-state index >= 15 is 0 Å². The van der Waals surface area contributed by atoms with Gasteiger partial charge in [-0.1, -0.05) is 31.9 Å². The van der Waals surface area contributed by atoms with Gasteiger partial charge in [0.15, 0.2) is 9.84 Å². The Balaban J connectivity index is 1.84. The minimum absolute atomic E-state index is 0.284. The van der Waals surface area contributed by atoms with Crippen molar-refractivity contribution >= 4 is 9.84 Å². The quantitative estimate of drug-likeness (QED) is 0.845. The van der Waals surface area contributed by atoms with Crippen molar-refractivity contribution in [1.82, 2.24) is 5.32 Å². The summed E-state index contributed by atoms with van der Waals surface area (Å²) in [6, 6.07) is 6.46. The molecule has 3 atom stereocenters. The molecule has 4 nitrogen and oxygen atoms in total. The molecule has 0 heterocycles. The number of hydrogen-bond donors (Lipinski definition) is 2. The predicted molar refractivity (Wildman–Crippen MR) is 83.9 cm³/mol. The topological polar surface area (TPSA) is 66.4 Å². The van der Waals surface area contributed by atoms with E-state index in [9.17, 15) is 13.5 Å². The van der Waals surface area contributed by atoms with Crippen molar-refractivity contribution < 1.29 is 13.5 Å². The average Bonchev–Trinajstić information content (AvgIpc) is 2.83. The first-order valence-electron chi connectivity index (χ1n) is 7.56. The highest BCUT2D eigenvalue weighted by atomic mass is 32.2. The average molecular weight is 311 g/mol. The standard InChI is InChI=1S/C16H25NO3S/c1-12-4-3-5-14(12)10-17-11-16(18)13-6-8-15(9-7-13)21(2,19)20/h6-9,12,14,16-18H,3-5,10-11H2,1-2H3. The van der Waals surface area contributed by atoms with Crippen molar-refractivity contribution in [1.29, 1.82) is 0 Å². The molecule has 0 spiro atoms. The summed E-state index contributed by atoms with van der Waals surface area (Å²) in [6.45, 7) is 3.74. The Morgan fingerprint density at radius 3 is 2.48 bits per heavy atom. The van der Waals surface area contributed by atoms with E-state index in [4.69, 9.17) is 0 Å². The lowest BCUT2D eigenvalue weighted by Gasteiger charge is -2.18. The molecule has 5 heteroatoms. The summed E-state index contributed by atoms with van der Waals surface area (Å²) < 4.78 is 22.8. The second-order valence-corrected chi connectivity index (χ2v) is 8.20. The Morgan fingerprint density at radius 2 is 1.95 bits per heavy atom. The lowest BCUT2D eigenvalue weighted by atomic mass is 9.98. The third-order valence-electron chi connectivity index (χ3n) is 4.48. The molecule has 1 aliphatic carbocycles. The monoisotopic (exact) mass is 311 g/mol. The number of aliphatic hydroxyl groups is 1. The maximum atomic E-state index is 11.4. The van der Waals surface area contributed by atoms with Gasteiger partial charge in [0.25, 0.3) is 0 Å². The van der Waals surface area contributed by atoms with Gasteiger partial charge in [0.1, 0.15) is 0 Å². The van der Waals surface area contributed by atoms with E-state index in [-0.39, 0.29) is 4.90 Å². The lowest BCUT2D eigenvalue weighted by molar-refractivity contribution is 0.171. The Kier molecular flexibility index (Phi) is 5.41. The van der Waals surface area contributed by atoms with E-state index in [2.05, 4.69) is 12.2 Å². The zero-order valence-electron chi connectivity index (χ0n) is 12.7. The van der Waals surface area contributed by atoms with Crippen LogP contribution in [-0.4, -0.2) is 32.9 Å². The highest BCUT2D eigenvalue weighted by molar-refractivity contribution is 7.90. The van der Waals surface area contributed by atoms with Crippen molar-refractivity contribution in [3.05, 3.63) is 29.8 Å². The summed E-state index contributed by atoms with van der Waals surface area (Å²) in [5.41, 5.74) is 0.745. The molecule has 1 aromatic carbocycles. The van der Waals surface area contributed by atoms with E-state index in [0.29, 0.717) is 12.5 Å². The van der Waals surface area contributed by atoms with Crippen LogP contribution in [0.15, 0.2) is 29.2 Å². The maximum Gasteiger partial charge on any atom is 0.175 e. The summed E-state index contributed by atoms with van der Waals surface area (Å²) in [5, 5.41) is 13.5. The number of sulfone groups is 1. The van der Waals surface area contributed by atoms with Gasteiger partial charge in [-0.3, -0.25) is 0 Å². The fraction of sp³-hybridized carbons (Fsp3) is 0.625. The van der Waals surface area contributed by atoms with Crippen molar-refractivity contribution in [3.8, 4) is 0 Å². The van der Waals surface area contributed by atoms with Crippen LogP contribution in [0.2, 0.25) is 0 Å². The van der Waals surface area contributed by atoms with E-state index in [1.807, 2.05) is 0 Å². The van der Waals surface area contributed by atoms with Gasteiger partial charge in [0.2, 0.25) is 0 Å². The van der Waals surface area contributed by atoms with E-state index < -0.39 is 15.9 Å². The molecule has 1 saturated carbocycles. The van der Waals surface area contributed by atoms with Gasteiger partial charge in [0.05, 0.1) is 11.0 Å². The first-order chi connectivity index (χ1) is 9.88. The van der Waals surface area contributed by atoms with Crippen LogP contribution in [0, 0.1) is 11.8 Å². The number of hydrogen-bond acceptors (Lipinski definition) is 4. The van der Waals surface area contributed by atoms with Gasteiger partial charge in [-0.25, -0.2) is 8.42 Å². The van der Waals surface area contributed by atoms with Gasteiger partial charge in [-0.2, -0.15) is 0 Å². The Bertz CT molecular complexity index is 553. The van der Waals surface area contributed by atoms with Crippen LogP contribution in [-0.2, 0) is 9.84 Å². The van der Waals surface area contributed by atoms with Gasteiger partial charge in [0, 0.05) is 12.8 Å². The number of rotatable bonds is 6. The minimum Gasteiger partial charge on any atom is -0.387 e. The fourth-order valence-electron chi connectivity index (χ4n) is 2.99. The summed E-state index contributed by atoms with van der Waals surface area (Å²) in [7, 11) is -3.18. The molecule has 1 aliphatic rings. The molecule has 0 aliphatic heterocycles. The van der Waals surface area contributed by atoms with Crippen LogP contribution >= 0.6 is 0 Å². The molecule has 2 rings (SSSR count). The van der Waals surface area contributed by atoms with Gasteiger partial charge >= 0.3 is 0 Å². The number of nitrogens with one attached hydrogen (secondary N) is 1. The zero-order chi connectivity index (χ0) is 15.5. The van der Waals surface area contributed by atoms with Crippen LogP contribution in [0.3, 0.4) is 0 Å². The van der Waals surface area contributed by atoms with Crippen LogP contribution in [0.4, 0.5) is 0 Å². The predicted octanol–water partition coefficient (Wildman–Crippen LogP) is 2.15. The van der Waals surface area contributed by atoms with E-state index in [1.165, 1.54) is 25.5 Å². The van der Waals surface area contributed by atoms with Crippen molar-refractivity contribution in [2.24, 2.45) is 11.8 Å². The first-order valence-corrected chi connectivity index (χ1v) is 9.46. The Labute approximate surface area is 127 Å². The normalized spacial score (nSPS) is 24.1. The second-order valence-electron chi connectivity index (χ2n) is 6.18. The van der Waals surface area contributed by atoms with E-state index in [0.717, 1.165) is 18.0 Å². The smallest absolute Gasteiger partial charge is 0.175 e. The molecule has 2 N–H and O–H groups in total. The van der Waals surface area contributed by atoms with E-state index in [1.54, 1.807) is 24.3 Å². The summed E-state index contributed by atoms with van der Waals surface area (Å²) in [5.74, 6) is 1.48. The van der Waals surface area contributed by atoms with Gasteiger partial charge < -0.3 is 10.4 Å². The molecule has 3 unspecified atom stereocenters. The van der Waals surface area contributed by atoms with Gasteiger partial charge in [-0.15, -0.1) is 0 Å². The molecule has 0 radical (unpaired) electrons. The molecular weight excluding hydrogens is 286 g/mol.